The Kier molecular flexibility index (Phi) is 20.6. The summed E-state index contributed by atoms with van der Waals surface area (Å²) in [6.07, 6.45) is 7.89. The highest BCUT2D eigenvalue weighted by molar-refractivity contribution is 5.85. The molecule has 4 unspecified atom stereocenters. The van der Waals surface area contributed by atoms with Crippen LogP contribution in [0.15, 0.2) is 120 Å². The molecule has 10 heteroatoms. The molecule has 0 saturated carbocycles. The van der Waals surface area contributed by atoms with Crippen molar-refractivity contribution in [2.45, 2.75) is 162 Å². The first-order valence-electron chi connectivity index (χ1n) is 25.5. The van der Waals surface area contributed by atoms with Crippen LogP contribution in [0.25, 0.3) is 11.1 Å². The lowest BCUT2D eigenvalue weighted by molar-refractivity contribution is -0.249. The average molecular weight is 927 g/mol. The second kappa shape index (κ2) is 25.8. The Bertz CT molecular complexity index is 1920. The van der Waals surface area contributed by atoms with Crippen LogP contribution in [0.2, 0.25) is 0 Å². The Labute approximate surface area is 403 Å². The second-order valence-electron chi connectivity index (χ2n) is 17.2. The van der Waals surface area contributed by atoms with Gasteiger partial charge >= 0.3 is 0 Å². The molecule has 0 spiro atoms. The van der Waals surface area contributed by atoms with Crippen molar-refractivity contribution in [2.75, 3.05) is 52.9 Å². The van der Waals surface area contributed by atoms with Crippen LogP contribution in [0.3, 0.4) is 0 Å². The van der Waals surface area contributed by atoms with Gasteiger partial charge in [-0.05, 0) is 86.5 Å². The summed E-state index contributed by atoms with van der Waals surface area (Å²) in [5, 5.41) is 0. The van der Waals surface area contributed by atoms with Gasteiger partial charge in [0, 0.05) is 37.6 Å². The lowest BCUT2D eigenvalue weighted by Crippen LogP contribution is -2.77. The molecule has 4 atom stereocenters. The summed E-state index contributed by atoms with van der Waals surface area (Å²) in [5.74, 6) is 2.81. The minimum absolute atomic E-state index is 0.312. The minimum atomic E-state index is -1.65. The third-order valence-electron chi connectivity index (χ3n) is 12.5. The van der Waals surface area contributed by atoms with Crippen LogP contribution < -0.4 is 0 Å². The van der Waals surface area contributed by atoms with E-state index in [0.717, 1.165) is 59.1 Å². The van der Waals surface area contributed by atoms with Crippen LogP contribution in [0.4, 0.5) is 0 Å². The summed E-state index contributed by atoms with van der Waals surface area (Å²) in [5.41, 5.74) is 0.803. The van der Waals surface area contributed by atoms with Gasteiger partial charge in [0.1, 0.15) is 17.6 Å². The van der Waals surface area contributed by atoms with E-state index in [9.17, 15) is 0 Å². The summed E-state index contributed by atoms with van der Waals surface area (Å²) in [7, 11) is 0. The monoisotopic (exact) mass is 927 g/mol. The van der Waals surface area contributed by atoms with E-state index >= 15 is 0 Å². The summed E-state index contributed by atoms with van der Waals surface area (Å²) in [4.78, 5) is 0. The zero-order valence-electron chi connectivity index (χ0n) is 42.7. The van der Waals surface area contributed by atoms with Crippen molar-refractivity contribution in [2.24, 2.45) is 0 Å². The van der Waals surface area contributed by atoms with E-state index < -0.39 is 28.8 Å². The Morgan fingerprint density at radius 3 is 1.10 bits per heavy atom. The summed E-state index contributed by atoms with van der Waals surface area (Å²) >= 11 is 0. The Hall–Kier alpha value is -4.48. The van der Waals surface area contributed by atoms with Crippen LogP contribution in [-0.2, 0) is 52.8 Å². The van der Waals surface area contributed by atoms with Gasteiger partial charge < -0.3 is 47.4 Å². The van der Waals surface area contributed by atoms with Gasteiger partial charge in [-0.25, -0.2) is 0 Å². The lowest BCUT2D eigenvalue weighted by Gasteiger charge is -2.63. The van der Waals surface area contributed by atoms with Gasteiger partial charge in [-0.2, -0.15) is 0 Å². The van der Waals surface area contributed by atoms with Crippen LogP contribution >= 0.6 is 0 Å². The number of hydrogen-bond donors (Lipinski definition) is 0. The first kappa shape index (κ1) is 53.5. The largest absolute Gasteiger partial charge is 0.491 e. The molecule has 0 aromatic heterocycles. The van der Waals surface area contributed by atoms with Crippen LogP contribution in [0.5, 0.6) is 0 Å². The molecule has 0 amide bonds. The molecule has 3 aliphatic rings. The molecule has 370 valence electrons. The number of hydrogen-bond acceptors (Lipinski definition) is 10. The average Bonchev–Trinajstić information content (AvgIpc) is 3.66. The van der Waals surface area contributed by atoms with E-state index in [1.165, 1.54) is 12.5 Å². The molecule has 3 aliphatic carbocycles. The highest BCUT2D eigenvalue weighted by Gasteiger charge is 2.81. The third-order valence-corrected chi connectivity index (χ3v) is 12.5. The van der Waals surface area contributed by atoms with Crippen LogP contribution in [-0.4, -0.2) is 76.3 Å². The summed E-state index contributed by atoms with van der Waals surface area (Å²) in [6, 6.07) is 17.3. The predicted octanol–water partition coefficient (Wildman–Crippen LogP) is 13.7. The highest BCUT2D eigenvalue weighted by atomic mass is 16.6. The van der Waals surface area contributed by atoms with Gasteiger partial charge in [-0.3, -0.25) is 0 Å². The molecule has 67 heavy (non-hydrogen) atoms. The molecular weight excluding hydrogens is 845 g/mol. The summed E-state index contributed by atoms with van der Waals surface area (Å²) < 4.78 is 73.5. The van der Waals surface area contributed by atoms with Crippen molar-refractivity contribution in [3.8, 4) is 11.1 Å². The minimum Gasteiger partial charge on any atom is -0.491 e. The van der Waals surface area contributed by atoms with E-state index in [0.29, 0.717) is 126 Å². The van der Waals surface area contributed by atoms with Crippen molar-refractivity contribution in [3.63, 3.8) is 0 Å². The van der Waals surface area contributed by atoms with Gasteiger partial charge in [0.2, 0.25) is 11.5 Å². The lowest BCUT2D eigenvalue weighted by atomic mass is 9.48. The quantitative estimate of drug-likeness (QED) is 0.0661. The predicted molar refractivity (Wildman–Crippen MR) is 267 cm³/mol. The number of rotatable bonds is 32. The van der Waals surface area contributed by atoms with E-state index in [1.807, 2.05) is 0 Å². The molecule has 5 rings (SSSR count). The van der Waals surface area contributed by atoms with Crippen LogP contribution in [0.1, 0.15) is 145 Å². The van der Waals surface area contributed by atoms with Crippen LogP contribution in [0, 0.1) is 0 Å². The second-order valence-corrected chi connectivity index (χ2v) is 17.2. The van der Waals surface area contributed by atoms with Gasteiger partial charge in [-0.15, -0.1) is 0 Å². The molecule has 0 radical (unpaired) electrons. The highest BCUT2D eigenvalue weighted by Crippen LogP contribution is 2.70. The topological polar surface area (TPSA) is 92.3 Å². The zero-order valence-corrected chi connectivity index (χ0v) is 42.7. The molecule has 0 fully saturated rings. The number of benzene rings is 2. The molecule has 0 N–H and O–H groups in total. The molecule has 0 bridgehead atoms. The number of ether oxygens (including phenoxy) is 10. The van der Waals surface area contributed by atoms with Crippen molar-refractivity contribution in [1.82, 2.24) is 0 Å². The molecular formula is C57H82O10. The Morgan fingerprint density at radius 2 is 0.776 bits per heavy atom. The maximum atomic E-state index is 8.11. The van der Waals surface area contributed by atoms with E-state index in [2.05, 4.69) is 131 Å². The Morgan fingerprint density at radius 1 is 0.433 bits per heavy atom. The van der Waals surface area contributed by atoms with Gasteiger partial charge in [0.15, 0.2) is 34.2 Å². The maximum absolute atomic E-state index is 8.11. The zero-order chi connectivity index (χ0) is 48.5. The standard InChI is InChI=1S/C57H82O10/c1-13-33-60-49-47(58-23-11)41(21-9)51(62-35-15-3)56(66-39-19-7,53(49)64-37-17-5)55(45-31-27-25-29-43(45)44-30-26-28-32-46(44)55)57(67-40-20-8)52(63-36-16-4)42(22-10)48(59-24-12)50(61-34-14-2)54(57)65-38-18-6/h23-32,51-52H,11-22,33-40H2,1-10H3. The third kappa shape index (κ3) is 9.49. The van der Waals surface area contributed by atoms with Crippen molar-refractivity contribution in [1.29, 1.82) is 0 Å². The molecule has 2 aromatic carbocycles. The van der Waals surface area contributed by atoms with Crippen molar-refractivity contribution in [3.05, 3.63) is 131 Å². The summed E-state index contributed by atoms with van der Waals surface area (Å²) in [6.45, 7) is 32.2. The fraction of sp³-hybridized carbons (Fsp3) is 0.579. The van der Waals surface area contributed by atoms with E-state index in [4.69, 9.17) is 47.4 Å². The van der Waals surface area contributed by atoms with Gasteiger partial charge in [-0.1, -0.05) is 131 Å². The fourth-order valence-corrected chi connectivity index (χ4v) is 10.3. The molecule has 10 nitrogen and oxygen atoms in total. The molecule has 0 saturated heterocycles. The van der Waals surface area contributed by atoms with Gasteiger partial charge in [0.05, 0.1) is 39.0 Å². The van der Waals surface area contributed by atoms with Gasteiger partial charge in [0.25, 0.3) is 0 Å². The first-order chi connectivity index (χ1) is 32.8. The smallest absolute Gasteiger partial charge is 0.203 e. The SMILES string of the molecule is C=COC1=C(CC)C(OCCC)C(OCCC)(C2(C3(OCCC)C(OCCC)=C(OCCC)C(OC=C)=C(CC)C3OCCC)c3ccccc3-c3ccccc32)C(OCCC)=C1OCCC. The maximum Gasteiger partial charge on any atom is 0.203 e. The van der Waals surface area contributed by atoms with E-state index in [-0.39, 0.29) is 0 Å². The van der Waals surface area contributed by atoms with Crippen molar-refractivity contribution >= 4 is 0 Å². The number of fused-ring (bicyclic) bond motifs is 3. The molecule has 0 aliphatic heterocycles. The normalized spacial score (nSPS) is 22.1. The Balaban J connectivity index is 2.33. The fourth-order valence-electron chi connectivity index (χ4n) is 10.3. The van der Waals surface area contributed by atoms with E-state index in [1.54, 1.807) is 0 Å². The van der Waals surface area contributed by atoms with Crippen molar-refractivity contribution < 1.29 is 47.4 Å². The first-order valence-corrected chi connectivity index (χ1v) is 25.5. The molecule has 0 heterocycles. The molecule has 2 aromatic rings.